The molecule has 0 atom stereocenters. The lowest BCUT2D eigenvalue weighted by Crippen LogP contribution is -2.41. The first-order valence-corrected chi connectivity index (χ1v) is 9.65. The topological polar surface area (TPSA) is 61.9 Å². The molecule has 1 aromatic carbocycles. The second-order valence-electron chi connectivity index (χ2n) is 6.94. The third-order valence-corrected chi connectivity index (χ3v) is 4.55. The number of nitrogens with zero attached hydrogens (tertiary/aromatic N) is 2. The van der Waals surface area contributed by atoms with Crippen LogP contribution in [0.25, 0.3) is 0 Å². The van der Waals surface area contributed by atoms with E-state index in [2.05, 4.69) is 18.3 Å². The van der Waals surface area contributed by atoms with Crippen LogP contribution in [0.3, 0.4) is 0 Å². The van der Waals surface area contributed by atoms with Crippen molar-refractivity contribution >= 4 is 17.5 Å². The number of carbonyl (C=O) groups is 2. The van der Waals surface area contributed by atoms with Crippen molar-refractivity contribution in [3.63, 3.8) is 0 Å². The van der Waals surface area contributed by atoms with Crippen LogP contribution in [0.4, 0.5) is 5.69 Å². The fourth-order valence-electron chi connectivity index (χ4n) is 3.21. The average molecular weight is 373 g/mol. The van der Waals surface area contributed by atoms with Crippen molar-refractivity contribution in [2.45, 2.75) is 39.0 Å². The molecule has 0 saturated carbocycles. The molecule has 0 radical (unpaired) electrons. The van der Waals surface area contributed by atoms with E-state index >= 15 is 0 Å². The molecule has 1 aliphatic carbocycles. The van der Waals surface area contributed by atoms with Crippen molar-refractivity contribution in [2.75, 3.05) is 39.1 Å². The Kier molecular flexibility index (Phi) is 8.33. The van der Waals surface area contributed by atoms with Gasteiger partial charge in [-0.05, 0) is 63.4 Å². The molecule has 27 heavy (non-hydrogen) atoms. The summed E-state index contributed by atoms with van der Waals surface area (Å²) in [7, 11) is 3.40. The monoisotopic (exact) mass is 373 g/mol. The van der Waals surface area contributed by atoms with Gasteiger partial charge in [0.15, 0.2) is 0 Å². The van der Waals surface area contributed by atoms with Gasteiger partial charge in [-0.25, -0.2) is 0 Å². The minimum Gasteiger partial charge on any atom is -0.497 e. The molecular formula is C21H31N3O3. The number of hydrogen-bond acceptors (Lipinski definition) is 4. The first-order chi connectivity index (χ1) is 13.0. The van der Waals surface area contributed by atoms with Crippen LogP contribution >= 0.6 is 0 Å². The molecule has 6 heteroatoms. The molecule has 0 bridgehead atoms. The van der Waals surface area contributed by atoms with Crippen LogP contribution < -0.4 is 10.1 Å². The highest BCUT2D eigenvalue weighted by molar-refractivity contribution is 5.92. The van der Waals surface area contributed by atoms with Crippen LogP contribution in [-0.4, -0.2) is 55.4 Å². The van der Waals surface area contributed by atoms with Gasteiger partial charge in [0.1, 0.15) is 5.75 Å². The van der Waals surface area contributed by atoms with Gasteiger partial charge in [-0.1, -0.05) is 13.0 Å². The Hall–Kier alpha value is -2.34. The van der Waals surface area contributed by atoms with Gasteiger partial charge >= 0.3 is 0 Å². The van der Waals surface area contributed by atoms with Crippen LogP contribution in [0.2, 0.25) is 0 Å². The van der Waals surface area contributed by atoms with Crippen LogP contribution in [0.5, 0.6) is 5.75 Å². The van der Waals surface area contributed by atoms with Gasteiger partial charge in [-0.3, -0.25) is 14.5 Å². The Bertz CT molecular complexity index is 655. The molecule has 0 spiro atoms. The van der Waals surface area contributed by atoms with Crippen molar-refractivity contribution in [1.82, 2.24) is 9.80 Å². The molecule has 1 aliphatic rings. The number of rotatable bonds is 9. The summed E-state index contributed by atoms with van der Waals surface area (Å²) >= 11 is 0. The Morgan fingerprint density at radius 3 is 2.48 bits per heavy atom. The van der Waals surface area contributed by atoms with Gasteiger partial charge < -0.3 is 15.0 Å². The molecule has 0 aliphatic heterocycles. The fraction of sp³-hybridized carbons (Fsp3) is 0.524. The highest BCUT2D eigenvalue weighted by Crippen LogP contribution is 2.21. The second-order valence-corrected chi connectivity index (χ2v) is 6.94. The predicted octanol–water partition coefficient (Wildman–Crippen LogP) is 3.26. The Balaban J connectivity index is 1.86. The van der Waals surface area contributed by atoms with Crippen molar-refractivity contribution in [3.8, 4) is 5.75 Å². The minimum atomic E-state index is -0.144. The number of ether oxygens (including phenoxy) is 1. The summed E-state index contributed by atoms with van der Waals surface area (Å²) in [6.07, 6.45) is 7.46. The summed E-state index contributed by atoms with van der Waals surface area (Å²) in [6.45, 7) is 3.20. The smallest absolute Gasteiger partial charge is 0.240 e. The molecule has 148 valence electrons. The molecule has 1 N–H and O–H groups in total. The lowest BCUT2D eigenvalue weighted by atomic mass is 10.0. The summed E-state index contributed by atoms with van der Waals surface area (Å²) in [5, 5.41) is 2.84. The maximum absolute atomic E-state index is 12.8. The van der Waals surface area contributed by atoms with E-state index in [1.54, 1.807) is 43.3 Å². The Morgan fingerprint density at radius 1 is 1.15 bits per heavy atom. The van der Waals surface area contributed by atoms with E-state index in [0.29, 0.717) is 5.69 Å². The number of amides is 2. The Morgan fingerprint density at radius 2 is 1.89 bits per heavy atom. The van der Waals surface area contributed by atoms with Gasteiger partial charge in [-0.15, -0.1) is 0 Å². The van der Waals surface area contributed by atoms with Crippen molar-refractivity contribution in [2.24, 2.45) is 0 Å². The van der Waals surface area contributed by atoms with Gasteiger partial charge in [0, 0.05) is 17.9 Å². The lowest BCUT2D eigenvalue weighted by Gasteiger charge is -2.29. The van der Waals surface area contributed by atoms with Gasteiger partial charge in [0.05, 0.1) is 20.2 Å². The summed E-state index contributed by atoms with van der Waals surface area (Å²) in [4.78, 5) is 28.6. The zero-order valence-electron chi connectivity index (χ0n) is 16.7. The maximum Gasteiger partial charge on any atom is 0.240 e. The molecule has 0 aromatic heterocycles. The van der Waals surface area contributed by atoms with Gasteiger partial charge in [0.25, 0.3) is 0 Å². The number of hydrogen-bond donors (Lipinski definition) is 1. The number of anilines is 1. The summed E-state index contributed by atoms with van der Waals surface area (Å²) in [5.41, 5.74) is 1.85. The van der Waals surface area contributed by atoms with Crippen molar-refractivity contribution < 1.29 is 14.3 Å². The Labute approximate surface area is 162 Å². The van der Waals surface area contributed by atoms with E-state index in [-0.39, 0.29) is 24.9 Å². The number of allylic oxidation sites excluding steroid dienone is 2. The third-order valence-electron chi connectivity index (χ3n) is 4.55. The molecular weight excluding hydrogens is 342 g/mol. The number of carbonyl (C=O) groups excluding carboxylic acids is 2. The SMILES string of the molecule is CCCN(C(=O)CN(C)CC(=O)Nc1ccc(OC)cc1)C1=CCCCC1. The molecule has 0 saturated heterocycles. The zero-order valence-corrected chi connectivity index (χ0v) is 16.7. The summed E-state index contributed by atoms with van der Waals surface area (Å²) < 4.78 is 5.11. The number of nitrogens with one attached hydrogen (secondary N) is 1. The zero-order chi connectivity index (χ0) is 19.6. The first kappa shape index (κ1) is 21.0. The van der Waals surface area contributed by atoms with Crippen LogP contribution in [0.15, 0.2) is 36.0 Å². The fourth-order valence-corrected chi connectivity index (χ4v) is 3.21. The predicted molar refractivity (Wildman–Crippen MR) is 108 cm³/mol. The second kappa shape index (κ2) is 10.7. The summed E-state index contributed by atoms with van der Waals surface area (Å²) in [6, 6.07) is 7.17. The molecule has 0 unspecified atom stereocenters. The van der Waals surface area contributed by atoms with E-state index in [4.69, 9.17) is 4.74 Å². The normalized spacial score (nSPS) is 13.9. The van der Waals surface area contributed by atoms with Crippen molar-refractivity contribution in [3.05, 3.63) is 36.0 Å². The first-order valence-electron chi connectivity index (χ1n) is 9.65. The van der Waals surface area contributed by atoms with E-state index in [9.17, 15) is 9.59 Å². The number of benzene rings is 1. The quantitative estimate of drug-likeness (QED) is 0.722. The van der Waals surface area contributed by atoms with E-state index < -0.39 is 0 Å². The third kappa shape index (κ3) is 6.71. The molecule has 0 fully saturated rings. The number of likely N-dealkylation sites (N-methyl/N-ethyl adjacent to an activating group) is 1. The van der Waals surface area contributed by atoms with Crippen LogP contribution in [0, 0.1) is 0 Å². The number of methoxy groups -OCH3 is 1. The highest BCUT2D eigenvalue weighted by Gasteiger charge is 2.20. The van der Waals surface area contributed by atoms with Gasteiger partial charge in [-0.2, -0.15) is 0 Å². The molecule has 2 amide bonds. The standard InChI is InChI=1S/C21H31N3O3/c1-4-14-24(18-8-6-5-7-9-18)21(26)16-23(2)15-20(25)22-17-10-12-19(27-3)13-11-17/h8,10-13H,4-7,9,14-16H2,1-3H3,(H,22,25). The molecule has 6 nitrogen and oxygen atoms in total. The van der Waals surface area contributed by atoms with E-state index in [0.717, 1.165) is 43.7 Å². The molecule has 2 rings (SSSR count). The average Bonchev–Trinajstić information content (AvgIpc) is 2.67. The maximum atomic E-state index is 12.8. The molecule has 1 aromatic rings. The van der Waals surface area contributed by atoms with E-state index in [1.807, 2.05) is 4.90 Å². The minimum absolute atomic E-state index is 0.0600. The summed E-state index contributed by atoms with van der Waals surface area (Å²) in [5.74, 6) is 0.655. The highest BCUT2D eigenvalue weighted by atomic mass is 16.5. The van der Waals surface area contributed by atoms with Crippen LogP contribution in [-0.2, 0) is 9.59 Å². The molecule has 0 heterocycles. The lowest BCUT2D eigenvalue weighted by molar-refractivity contribution is -0.130. The largest absolute Gasteiger partial charge is 0.497 e. The van der Waals surface area contributed by atoms with Crippen LogP contribution in [0.1, 0.15) is 39.0 Å². The van der Waals surface area contributed by atoms with E-state index in [1.165, 1.54) is 6.42 Å². The van der Waals surface area contributed by atoms with Gasteiger partial charge in [0.2, 0.25) is 11.8 Å². The van der Waals surface area contributed by atoms with Crippen molar-refractivity contribution in [1.29, 1.82) is 0 Å².